The molecule has 156 valence electrons. The lowest BCUT2D eigenvalue weighted by Gasteiger charge is -2.34. The number of sulfonamides is 1. The highest BCUT2D eigenvalue weighted by Gasteiger charge is 2.36. The lowest BCUT2D eigenvalue weighted by atomic mass is 9.95. The van der Waals surface area contributed by atoms with Crippen molar-refractivity contribution in [3.63, 3.8) is 0 Å². The van der Waals surface area contributed by atoms with Gasteiger partial charge in [0.2, 0.25) is 11.8 Å². The third-order valence-corrected chi connectivity index (χ3v) is 6.73. The first-order valence-electron chi connectivity index (χ1n) is 9.71. The summed E-state index contributed by atoms with van der Waals surface area (Å²) in [6, 6.07) is 14.6. The molecule has 0 radical (unpaired) electrons. The average molecular weight is 426 g/mol. The van der Waals surface area contributed by atoms with Crippen LogP contribution in [-0.2, 0) is 19.6 Å². The van der Waals surface area contributed by atoms with Gasteiger partial charge in [-0.1, -0.05) is 42.5 Å². The molecular formula is C21H22N4O4S. The van der Waals surface area contributed by atoms with Gasteiger partial charge in [-0.15, -0.1) is 4.40 Å². The zero-order valence-electron chi connectivity index (χ0n) is 16.2. The van der Waals surface area contributed by atoms with Crippen LogP contribution < -0.4 is 11.1 Å². The van der Waals surface area contributed by atoms with Gasteiger partial charge in [-0.2, -0.15) is 8.42 Å². The van der Waals surface area contributed by atoms with Crippen LogP contribution in [0.4, 0.5) is 0 Å². The van der Waals surface area contributed by atoms with E-state index in [2.05, 4.69) is 9.71 Å². The molecule has 2 unspecified atom stereocenters. The van der Waals surface area contributed by atoms with Gasteiger partial charge in [0, 0.05) is 18.7 Å². The Morgan fingerprint density at radius 1 is 1.10 bits per heavy atom. The predicted molar refractivity (Wildman–Crippen MR) is 111 cm³/mol. The Kier molecular flexibility index (Phi) is 5.29. The van der Waals surface area contributed by atoms with Crippen LogP contribution in [0.25, 0.3) is 0 Å². The summed E-state index contributed by atoms with van der Waals surface area (Å²) in [6.07, 6.45) is 1.33. The molecule has 0 saturated carbocycles. The van der Waals surface area contributed by atoms with Gasteiger partial charge in [0.1, 0.15) is 10.9 Å². The number of benzene rings is 2. The molecule has 2 atom stereocenters. The van der Waals surface area contributed by atoms with Gasteiger partial charge in [-0.05, 0) is 30.5 Å². The van der Waals surface area contributed by atoms with Crippen molar-refractivity contribution in [2.45, 2.75) is 23.8 Å². The van der Waals surface area contributed by atoms with Crippen LogP contribution in [0.1, 0.15) is 30.0 Å². The van der Waals surface area contributed by atoms with E-state index >= 15 is 0 Å². The number of carbonyl (C=O) groups is 2. The number of nitrogens with two attached hydrogens (primary N) is 1. The first kappa shape index (κ1) is 20.1. The van der Waals surface area contributed by atoms with Gasteiger partial charge in [0.05, 0.1) is 5.92 Å². The Labute approximate surface area is 174 Å². The fourth-order valence-electron chi connectivity index (χ4n) is 3.92. The number of primary amides is 1. The highest BCUT2D eigenvalue weighted by atomic mass is 32.2. The Bertz CT molecular complexity index is 1110. The van der Waals surface area contributed by atoms with E-state index in [1.54, 1.807) is 42.5 Å². The summed E-state index contributed by atoms with van der Waals surface area (Å²) in [5.41, 5.74) is 6.68. The number of rotatable bonds is 4. The lowest BCUT2D eigenvalue weighted by Crippen LogP contribution is -2.47. The minimum atomic E-state index is -3.72. The van der Waals surface area contributed by atoms with Crippen molar-refractivity contribution in [3.05, 3.63) is 65.7 Å². The second kappa shape index (κ2) is 7.91. The van der Waals surface area contributed by atoms with E-state index < -0.39 is 27.9 Å². The van der Waals surface area contributed by atoms with E-state index in [4.69, 9.17) is 5.73 Å². The number of piperidine rings is 1. The van der Waals surface area contributed by atoms with Crippen molar-refractivity contribution in [3.8, 4) is 0 Å². The number of carbonyl (C=O) groups excluding carboxylic acids is 2. The Morgan fingerprint density at radius 3 is 2.53 bits per heavy atom. The number of amidine groups is 1. The van der Waals surface area contributed by atoms with Crippen LogP contribution in [0.15, 0.2) is 63.9 Å². The van der Waals surface area contributed by atoms with Crippen LogP contribution in [0.2, 0.25) is 0 Å². The highest BCUT2D eigenvalue weighted by Crippen LogP contribution is 2.30. The smallest absolute Gasteiger partial charge is 0.285 e. The van der Waals surface area contributed by atoms with Gasteiger partial charge >= 0.3 is 0 Å². The number of hydrogen-bond donors (Lipinski definition) is 2. The minimum Gasteiger partial charge on any atom is -0.368 e. The number of fused-ring (bicyclic) bond motifs is 1. The zero-order chi connectivity index (χ0) is 21.3. The monoisotopic (exact) mass is 426 g/mol. The van der Waals surface area contributed by atoms with Crippen molar-refractivity contribution >= 4 is 27.7 Å². The first-order valence-corrected chi connectivity index (χ1v) is 11.1. The zero-order valence-corrected chi connectivity index (χ0v) is 17.0. The maximum absolute atomic E-state index is 12.9. The summed E-state index contributed by atoms with van der Waals surface area (Å²) in [6.45, 7) is 0.916. The Balaban J connectivity index is 1.52. The Hall–Kier alpha value is -3.20. The van der Waals surface area contributed by atoms with Gasteiger partial charge in [-0.3, -0.25) is 9.59 Å². The molecule has 4 rings (SSSR count). The molecular weight excluding hydrogens is 404 g/mol. The summed E-state index contributed by atoms with van der Waals surface area (Å²) in [4.78, 5) is 26.8. The van der Waals surface area contributed by atoms with Crippen molar-refractivity contribution in [1.29, 1.82) is 0 Å². The molecule has 0 aromatic heterocycles. The summed E-state index contributed by atoms with van der Waals surface area (Å²) >= 11 is 0. The average Bonchev–Trinajstić information content (AvgIpc) is 3.03. The molecule has 3 N–H and O–H groups in total. The van der Waals surface area contributed by atoms with Crippen LogP contribution in [0, 0.1) is 5.92 Å². The van der Waals surface area contributed by atoms with Crippen molar-refractivity contribution in [2.24, 2.45) is 16.0 Å². The van der Waals surface area contributed by atoms with Gasteiger partial charge in [0.15, 0.2) is 5.84 Å². The molecule has 1 fully saturated rings. The van der Waals surface area contributed by atoms with E-state index in [9.17, 15) is 18.0 Å². The van der Waals surface area contributed by atoms with Crippen LogP contribution in [0.3, 0.4) is 0 Å². The second-order valence-corrected chi connectivity index (χ2v) is 9.00. The van der Waals surface area contributed by atoms with E-state index in [-0.39, 0.29) is 10.8 Å². The maximum atomic E-state index is 12.9. The van der Waals surface area contributed by atoms with E-state index in [0.29, 0.717) is 42.9 Å². The summed E-state index contributed by atoms with van der Waals surface area (Å²) in [5.74, 6) is -0.968. The fraction of sp³-hybridized carbons (Fsp3) is 0.286. The topological polar surface area (TPSA) is 122 Å². The van der Waals surface area contributed by atoms with E-state index in [1.807, 2.05) is 11.0 Å². The van der Waals surface area contributed by atoms with Gasteiger partial charge < -0.3 is 16.0 Å². The van der Waals surface area contributed by atoms with Crippen LogP contribution >= 0.6 is 0 Å². The van der Waals surface area contributed by atoms with Crippen LogP contribution in [-0.4, -0.2) is 44.1 Å². The molecule has 0 spiro atoms. The van der Waals surface area contributed by atoms with Gasteiger partial charge in [-0.25, -0.2) is 0 Å². The molecule has 0 aliphatic carbocycles. The maximum Gasteiger partial charge on any atom is 0.285 e. The molecule has 2 aliphatic rings. The van der Waals surface area contributed by atoms with Crippen molar-refractivity contribution in [1.82, 2.24) is 10.2 Å². The summed E-state index contributed by atoms with van der Waals surface area (Å²) in [7, 11) is -3.72. The number of hydrogen-bond acceptors (Lipinski definition) is 5. The molecule has 2 heterocycles. The molecule has 30 heavy (non-hydrogen) atoms. The number of amides is 2. The molecule has 2 aliphatic heterocycles. The van der Waals surface area contributed by atoms with Gasteiger partial charge in [0.25, 0.3) is 10.0 Å². The standard InChI is InChI=1S/C21H22N4O4S/c22-19(26)18(14-7-2-1-3-8-14)23-21(27)15-9-6-12-25(13-15)20-16-10-4-5-11-17(16)30(28,29)24-20/h1-5,7-8,10-11,15,18H,6,9,12-13H2,(H2,22,26)(H,23,27). The molecule has 0 bridgehead atoms. The van der Waals surface area contributed by atoms with Crippen LogP contribution in [0.5, 0.6) is 0 Å². The normalized spacial score (nSPS) is 20.7. The SMILES string of the molecule is NC(=O)C(NC(=O)C1CCCN(C2=NS(=O)(=O)c3ccccc32)C1)c1ccccc1. The quantitative estimate of drug-likeness (QED) is 0.760. The lowest BCUT2D eigenvalue weighted by molar-refractivity contribution is -0.131. The van der Waals surface area contributed by atoms with Crippen molar-refractivity contribution < 1.29 is 18.0 Å². The van der Waals surface area contributed by atoms with Crippen molar-refractivity contribution in [2.75, 3.05) is 13.1 Å². The second-order valence-electron chi connectivity index (χ2n) is 7.43. The molecule has 2 aromatic carbocycles. The number of nitrogens with zero attached hydrogens (tertiary/aromatic N) is 2. The third-order valence-electron chi connectivity index (χ3n) is 5.41. The third kappa shape index (κ3) is 3.80. The number of likely N-dealkylation sites (tertiary alicyclic amines) is 1. The highest BCUT2D eigenvalue weighted by molar-refractivity contribution is 7.90. The molecule has 2 amide bonds. The van der Waals surface area contributed by atoms with E-state index in [0.717, 1.165) is 0 Å². The minimum absolute atomic E-state index is 0.185. The summed E-state index contributed by atoms with van der Waals surface area (Å²) < 4.78 is 28.7. The van der Waals surface area contributed by atoms with E-state index in [1.165, 1.54) is 6.07 Å². The first-order chi connectivity index (χ1) is 14.4. The molecule has 2 aromatic rings. The predicted octanol–water partition coefficient (Wildman–Crippen LogP) is 1.19. The molecule has 8 nitrogen and oxygen atoms in total. The largest absolute Gasteiger partial charge is 0.368 e. The summed E-state index contributed by atoms with van der Waals surface area (Å²) in [5, 5.41) is 2.75. The Morgan fingerprint density at radius 2 is 1.80 bits per heavy atom. The fourth-order valence-corrected chi connectivity index (χ4v) is 5.15. The molecule has 1 saturated heterocycles. The number of nitrogens with one attached hydrogen (secondary N) is 1. The molecule has 9 heteroatoms.